The van der Waals surface area contributed by atoms with Crippen molar-refractivity contribution in [2.45, 2.75) is 26.2 Å². The molecular weight excluding hydrogens is 743 g/mol. The molecule has 7 rings (SSSR count). The van der Waals surface area contributed by atoms with Gasteiger partial charge in [0.25, 0.3) is 0 Å². The number of halogens is 6. The maximum Gasteiger partial charge on any atom is 0.417 e. The Hall–Kier alpha value is -6.80. The quantitative estimate of drug-likeness (QED) is 0.101. The number of nitrogens with zero attached hydrogens (tertiary/aromatic N) is 2. The van der Waals surface area contributed by atoms with Crippen molar-refractivity contribution < 1.29 is 26.3 Å². The van der Waals surface area contributed by atoms with Crippen LogP contribution in [0.25, 0.3) is 24.3 Å². The van der Waals surface area contributed by atoms with Gasteiger partial charge in [0.15, 0.2) is 0 Å². The minimum atomic E-state index is -4.92. The van der Waals surface area contributed by atoms with Gasteiger partial charge in [0, 0.05) is 34.1 Å². The van der Waals surface area contributed by atoms with E-state index in [0.717, 1.165) is 57.4 Å². The van der Waals surface area contributed by atoms with Crippen LogP contribution in [0.3, 0.4) is 0 Å². The first kappa shape index (κ1) is 39.4. The van der Waals surface area contributed by atoms with E-state index < -0.39 is 34.6 Å². The summed E-state index contributed by atoms with van der Waals surface area (Å²) in [5, 5.41) is 0. The lowest BCUT2D eigenvalue weighted by Crippen LogP contribution is -2.13. The van der Waals surface area contributed by atoms with E-state index in [2.05, 4.69) is 0 Å². The number of para-hydroxylation sites is 2. The summed E-state index contributed by atoms with van der Waals surface area (Å²) in [5.74, 6) is 0. The number of rotatable bonds is 10. The zero-order valence-corrected chi connectivity index (χ0v) is 31.6. The largest absolute Gasteiger partial charge is 0.417 e. The molecule has 0 heterocycles. The van der Waals surface area contributed by atoms with E-state index in [1.807, 2.05) is 157 Å². The zero-order chi connectivity index (χ0) is 40.9. The van der Waals surface area contributed by atoms with Gasteiger partial charge in [0.05, 0.1) is 11.1 Å². The van der Waals surface area contributed by atoms with Gasteiger partial charge in [-0.1, -0.05) is 120 Å². The average molecular weight is 781 g/mol. The van der Waals surface area contributed by atoms with E-state index in [0.29, 0.717) is 23.3 Å². The maximum atomic E-state index is 14.5. The first-order valence-electron chi connectivity index (χ1n) is 18.6. The van der Waals surface area contributed by atoms with Crippen LogP contribution in [0, 0.1) is 13.8 Å². The molecule has 0 saturated carbocycles. The fraction of sp³-hybridized carbons (Fsp3) is 0.0800. The Labute approximate surface area is 334 Å². The average Bonchev–Trinajstić information content (AvgIpc) is 3.22. The van der Waals surface area contributed by atoms with Crippen LogP contribution in [0.2, 0.25) is 0 Å². The molecule has 0 N–H and O–H groups in total. The molecule has 0 atom stereocenters. The SMILES string of the molecule is Cc1ccc(N(c2ccccc2)c2ccc(C=Cc3cc(C(F)(F)F)c(C=Cc4ccc(N(c5ccccc5)c5ccc(C)cc5)cc4)cc3C(F)(F)F)cc2)cc1. The summed E-state index contributed by atoms with van der Waals surface area (Å²) in [6.07, 6.45) is -4.89. The van der Waals surface area contributed by atoms with Crippen LogP contribution < -0.4 is 9.80 Å². The van der Waals surface area contributed by atoms with E-state index in [1.165, 1.54) is 12.2 Å². The molecular formula is C50H38F6N2. The summed E-state index contributed by atoms with van der Waals surface area (Å²) in [4.78, 5) is 4.07. The lowest BCUT2D eigenvalue weighted by atomic mass is 9.95. The van der Waals surface area contributed by atoms with Gasteiger partial charge in [0.1, 0.15) is 0 Å². The Morgan fingerprint density at radius 2 is 0.621 bits per heavy atom. The second-order valence-electron chi connectivity index (χ2n) is 13.9. The molecule has 0 amide bonds. The van der Waals surface area contributed by atoms with Crippen LogP contribution in [0.1, 0.15) is 44.5 Å². The fourth-order valence-electron chi connectivity index (χ4n) is 6.68. The monoisotopic (exact) mass is 780 g/mol. The van der Waals surface area contributed by atoms with Gasteiger partial charge in [0.2, 0.25) is 0 Å². The van der Waals surface area contributed by atoms with Crippen LogP contribution in [-0.4, -0.2) is 0 Å². The molecule has 0 unspecified atom stereocenters. The number of anilines is 6. The third-order valence-corrected chi connectivity index (χ3v) is 9.66. The molecule has 0 bridgehead atoms. The summed E-state index contributed by atoms with van der Waals surface area (Å²) >= 11 is 0. The minimum Gasteiger partial charge on any atom is -0.311 e. The van der Waals surface area contributed by atoms with Crippen LogP contribution in [0.4, 0.5) is 60.5 Å². The predicted molar refractivity (Wildman–Crippen MR) is 226 cm³/mol. The number of aryl methyl sites for hydroxylation is 2. The highest BCUT2D eigenvalue weighted by Gasteiger charge is 2.38. The highest BCUT2D eigenvalue weighted by atomic mass is 19.4. The third-order valence-electron chi connectivity index (χ3n) is 9.66. The summed E-state index contributed by atoms with van der Waals surface area (Å²) in [6.45, 7) is 3.99. The summed E-state index contributed by atoms with van der Waals surface area (Å²) in [7, 11) is 0. The molecule has 0 aromatic heterocycles. The van der Waals surface area contributed by atoms with Crippen molar-refractivity contribution >= 4 is 58.4 Å². The normalized spacial score (nSPS) is 12.0. The van der Waals surface area contributed by atoms with E-state index >= 15 is 0 Å². The predicted octanol–water partition coefficient (Wildman–Crippen LogP) is 15.6. The Bertz CT molecular complexity index is 2320. The summed E-state index contributed by atoms with van der Waals surface area (Å²) in [6, 6.07) is 50.7. The number of alkyl halides is 6. The Morgan fingerprint density at radius 1 is 0.345 bits per heavy atom. The fourth-order valence-corrected chi connectivity index (χ4v) is 6.68. The number of hydrogen-bond acceptors (Lipinski definition) is 2. The first-order chi connectivity index (χ1) is 27.8. The van der Waals surface area contributed by atoms with Crippen molar-refractivity contribution in [3.05, 3.63) is 214 Å². The van der Waals surface area contributed by atoms with Crippen molar-refractivity contribution in [3.8, 4) is 0 Å². The second kappa shape index (κ2) is 16.7. The summed E-state index contributed by atoms with van der Waals surface area (Å²) < 4.78 is 87.0. The zero-order valence-electron chi connectivity index (χ0n) is 31.6. The molecule has 0 fully saturated rings. The highest BCUT2D eigenvalue weighted by Crippen LogP contribution is 2.41. The van der Waals surface area contributed by atoms with Crippen LogP contribution in [-0.2, 0) is 12.4 Å². The summed E-state index contributed by atoms with van der Waals surface area (Å²) in [5.41, 5.74) is 4.94. The highest BCUT2D eigenvalue weighted by molar-refractivity contribution is 5.81. The van der Waals surface area contributed by atoms with Gasteiger partial charge in [-0.3, -0.25) is 0 Å². The second-order valence-corrected chi connectivity index (χ2v) is 13.9. The topological polar surface area (TPSA) is 6.48 Å². The Kier molecular flexibility index (Phi) is 11.4. The Balaban J connectivity index is 1.18. The molecule has 0 aliphatic carbocycles. The molecule has 0 spiro atoms. The van der Waals surface area contributed by atoms with E-state index in [4.69, 9.17) is 0 Å². The smallest absolute Gasteiger partial charge is 0.311 e. The lowest BCUT2D eigenvalue weighted by molar-refractivity contribution is -0.141. The van der Waals surface area contributed by atoms with Crippen LogP contribution >= 0.6 is 0 Å². The first-order valence-corrected chi connectivity index (χ1v) is 18.6. The molecule has 58 heavy (non-hydrogen) atoms. The molecule has 0 saturated heterocycles. The molecule has 0 aliphatic rings. The molecule has 7 aromatic rings. The van der Waals surface area contributed by atoms with Gasteiger partial charge in [-0.2, -0.15) is 26.3 Å². The lowest BCUT2D eigenvalue weighted by Gasteiger charge is -2.25. The van der Waals surface area contributed by atoms with Crippen molar-refractivity contribution in [1.82, 2.24) is 0 Å². The van der Waals surface area contributed by atoms with E-state index in [-0.39, 0.29) is 0 Å². The van der Waals surface area contributed by atoms with Gasteiger partial charge in [-0.15, -0.1) is 0 Å². The molecule has 7 aromatic carbocycles. The third kappa shape index (κ3) is 9.24. The molecule has 290 valence electrons. The molecule has 2 nitrogen and oxygen atoms in total. The number of benzene rings is 7. The van der Waals surface area contributed by atoms with Crippen molar-refractivity contribution in [2.24, 2.45) is 0 Å². The van der Waals surface area contributed by atoms with Crippen LogP contribution in [0.5, 0.6) is 0 Å². The van der Waals surface area contributed by atoms with Gasteiger partial charge in [-0.25, -0.2) is 0 Å². The van der Waals surface area contributed by atoms with Gasteiger partial charge < -0.3 is 9.80 Å². The van der Waals surface area contributed by atoms with Crippen molar-refractivity contribution in [1.29, 1.82) is 0 Å². The Morgan fingerprint density at radius 3 is 0.914 bits per heavy atom. The molecule has 0 radical (unpaired) electrons. The van der Waals surface area contributed by atoms with Gasteiger partial charge >= 0.3 is 12.4 Å². The van der Waals surface area contributed by atoms with Crippen molar-refractivity contribution in [2.75, 3.05) is 9.80 Å². The van der Waals surface area contributed by atoms with Crippen LogP contribution in [0.15, 0.2) is 170 Å². The van der Waals surface area contributed by atoms with Crippen molar-refractivity contribution in [3.63, 3.8) is 0 Å². The van der Waals surface area contributed by atoms with E-state index in [9.17, 15) is 26.3 Å². The molecule has 0 aliphatic heterocycles. The maximum absolute atomic E-state index is 14.5. The number of hydrogen-bond donors (Lipinski definition) is 0. The molecule has 8 heteroatoms. The van der Waals surface area contributed by atoms with E-state index in [1.54, 1.807) is 24.3 Å². The standard InChI is InChI=1S/C50H38F6N2/c1-35-13-25-43(26-14-35)57(41-9-5-3-6-10-41)45-29-19-37(20-30-45)17-23-39-33-48(50(54,55)56)40(34-47(39)49(51,52)53)24-18-38-21-31-46(32-22-38)58(42-11-7-4-8-12-42)44-27-15-36(2)16-28-44/h3-34H,1-2H3. The van der Waals surface area contributed by atoms with Gasteiger partial charge in [-0.05, 0) is 121 Å². The minimum absolute atomic E-state index is 0.517.